The van der Waals surface area contributed by atoms with Crippen LogP contribution in [-0.4, -0.2) is 42.2 Å². The fourth-order valence-electron chi connectivity index (χ4n) is 4.45. The molecular weight excluding hydrogens is 399 g/mol. The monoisotopic (exact) mass is 426 g/mol. The molecule has 2 aliphatic rings. The van der Waals surface area contributed by atoms with Crippen molar-refractivity contribution in [2.75, 3.05) is 19.0 Å². The highest BCUT2D eigenvalue weighted by Gasteiger charge is 2.53. The predicted molar refractivity (Wildman–Crippen MR) is 114 cm³/mol. The Balaban J connectivity index is 1.66. The summed E-state index contributed by atoms with van der Waals surface area (Å²) in [5.74, 6) is -0.183. The molecule has 6 nitrogen and oxygen atoms in total. The molecule has 2 amide bonds. The molecule has 1 aliphatic heterocycles. The van der Waals surface area contributed by atoms with Gasteiger partial charge in [-0.3, -0.25) is 14.5 Å². The number of halogens is 1. The molecule has 1 aliphatic carbocycles. The lowest BCUT2D eigenvalue weighted by molar-refractivity contribution is -0.123. The first-order valence-corrected chi connectivity index (χ1v) is 10.6. The molecule has 1 spiro atoms. The lowest BCUT2D eigenvalue weighted by atomic mass is 9.83. The second-order valence-electron chi connectivity index (χ2n) is 8.33. The molecule has 7 heteroatoms. The van der Waals surface area contributed by atoms with Gasteiger partial charge in [-0.25, -0.2) is 4.39 Å². The van der Waals surface area contributed by atoms with Crippen LogP contribution in [0.15, 0.2) is 48.5 Å². The van der Waals surface area contributed by atoms with Crippen LogP contribution < -0.4 is 10.1 Å². The van der Waals surface area contributed by atoms with Crippen LogP contribution in [0.4, 0.5) is 10.1 Å². The van der Waals surface area contributed by atoms with Crippen LogP contribution in [0.5, 0.6) is 5.75 Å². The SMILES string of the molecule is COc1cccc(C(=O)N2[C@@H](C(=O)Nc3ccccc3F)COC23CCC(C)CC3)c1. The number of methoxy groups -OCH3 is 1. The fourth-order valence-corrected chi connectivity index (χ4v) is 4.45. The van der Waals surface area contributed by atoms with E-state index in [1.165, 1.54) is 19.2 Å². The van der Waals surface area contributed by atoms with Gasteiger partial charge < -0.3 is 14.8 Å². The lowest BCUT2D eigenvalue weighted by Crippen LogP contribution is -2.56. The number of nitrogens with zero attached hydrogens (tertiary/aromatic N) is 1. The van der Waals surface area contributed by atoms with Crippen LogP contribution in [0, 0.1) is 11.7 Å². The summed E-state index contributed by atoms with van der Waals surface area (Å²) in [5, 5.41) is 2.63. The largest absolute Gasteiger partial charge is 0.497 e. The number of nitrogens with one attached hydrogen (secondary N) is 1. The molecular formula is C24H27FN2O4. The van der Waals surface area contributed by atoms with Crippen LogP contribution in [-0.2, 0) is 9.53 Å². The molecule has 2 aromatic rings. The summed E-state index contributed by atoms with van der Waals surface area (Å²) < 4.78 is 25.5. The average molecular weight is 426 g/mol. The topological polar surface area (TPSA) is 67.9 Å². The van der Waals surface area contributed by atoms with Crippen LogP contribution in [0.1, 0.15) is 43.0 Å². The highest BCUT2D eigenvalue weighted by Crippen LogP contribution is 2.43. The lowest BCUT2D eigenvalue weighted by Gasteiger charge is -2.43. The number of anilines is 1. The van der Waals surface area contributed by atoms with Crippen molar-refractivity contribution in [1.29, 1.82) is 0 Å². The molecule has 1 atom stereocenters. The molecule has 31 heavy (non-hydrogen) atoms. The third kappa shape index (κ3) is 4.14. The van der Waals surface area contributed by atoms with Gasteiger partial charge in [0.1, 0.15) is 23.3 Å². The third-order valence-corrected chi connectivity index (χ3v) is 6.29. The molecule has 1 N–H and O–H groups in total. The number of rotatable bonds is 4. The van der Waals surface area contributed by atoms with E-state index >= 15 is 0 Å². The van der Waals surface area contributed by atoms with Gasteiger partial charge in [0.05, 0.1) is 19.4 Å². The van der Waals surface area contributed by atoms with Gasteiger partial charge in [-0.05, 0) is 61.9 Å². The van der Waals surface area contributed by atoms with Crippen LogP contribution in [0.2, 0.25) is 0 Å². The van der Waals surface area contributed by atoms with Gasteiger partial charge >= 0.3 is 0 Å². The summed E-state index contributed by atoms with van der Waals surface area (Å²) in [6.07, 6.45) is 3.13. The second-order valence-corrected chi connectivity index (χ2v) is 8.33. The van der Waals surface area contributed by atoms with Gasteiger partial charge in [-0.15, -0.1) is 0 Å². The number of carbonyl (C=O) groups excluding carboxylic acids is 2. The van der Waals surface area contributed by atoms with Gasteiger partial charge in [-0.1, -0.05) is 25.1 Å². The van der Waals surface area contributed by atoms with Gasteiger partial charge in [0.2, 0.25) is 5.91 Å². The molecule has 4 rings (SSSR count). The van der Waals surface area contributed by atoms with Crippen molar-refractivity contribution in [3.63, 3.8) is 0 Å². The zero-order valence-electron chi connectivity index (χ0n) is 17.8. The van der Waals surface area contributed by atoms with Crippen molar-refractivity contribution >= 4 is 17.5 Å². The molecule has 0 bridgehead atoms. The number of amides is 2. The van der Waals surface area contributed by atoms with Crippen molar-refractivity contribution in [3.05, 3.63) is 59.9 Å². The average Bonchev–Trinajstić information content (AvgIpc) is 3.16. The first-order valence-electron chi connectivity index (χ1n) is 10.6. The molecule has 0 aromatic heterocycles. The van der Waals surface area contributed by atoms with Crippen LogP contribution in [0.3, 0.4) is 0 Å². The Kier molecular flexibility index (Phi) is 5.96. The fraction of sp³-hybridized carbons (Fsp3) is 0.417. The Morgan fingerprint density at radius 3 is 2.61 bits per heavy atom. The zero-order valence-corrected chi connectivity index (χ0v) is 17.8. The minimum atomic E-state index is -0.855. The quantitative estimate of drug-likeness (QED) is 0.795. The van der Waals surface area contributed by atoms with Gasteiger partial charge in [0.15, 0.2) is 0 Å². The first-order chi connectivity index (χ1) is 14.9. The third-order valence-electron chi connectivity index (χ3n) is 6.29. The standard InChI is InChI=1S/C24H27FN2O4/c1-16-10-12-24(13-11-16)27(23(29)17-6-5-7-18(14-17)30-2)21(15-31-24)22(28)26-20-9-4-3-8-19(20)25/h3-9,14,16,21H,10-13,15H2,1-2H3,(H,26,28)/t16?,21-,24?/m1/s1. The van der Waals surface area contributed by atoms with E-state index in [4.69, 9.17) is 9.47 Å². The van der Waals surface area contributed by atoms with Gasteiger partial charge in [0.25, 0.3) is 5.91 Å². The van der Waals surface area contributed by atoms with Crippen LogP contribution in [0.25, 0.3) is 0 Å². The highest BCUT2D eigenvalue weighted by atomic mass is 19.1. The maximum Gasteiger partial charge on any atom is 0.257 e. The number of benzene rings is 2. The van der Waals surface area contributed by atoms with E-state index in [0.717, 1.165) is 12.8 Å². The normalized spacial score (nSPS) is 25.5. The predicted octanol–water partition coefficient (Wildman–Crippen LogP) is 4.22. The summed E-state index contributed by atoms with van der Waals surface area (Å²) in [6, 6.07) is 12.0. The van der Waals surface area contributed by atoms with Gasteiger partial charge in [-0.2, -0.15) is 0 Å². The number of ether oxygens (including phenoxy) is 2. The summed E-state index contributed by atoms with van der Waals surface area (Å²) in [5.41, 5.74) is -0.324. The van der Waals surface area contributed by atoms with Crippen molar-refractivity contribution < 1.29 is 23.5 Å². The minimum absolute atomic E-state index is 0.0738. The van der Waals surface area contributed by atoms with Crippen molar-refractivity contribution in [3.8, 4) is 5.75 Å². The van der Waals surface area contributed by atoms with E-state index in [1.54, 1.807) is 41.3 Å². The molecule has 0 radical (unpaired) electrons. The molecule has 1 heterocycles. The van der Waals surface area contributed by atoms with E-state index in [-0.39, 0.29) is 18.2 Å². The molecule has 0 unspecified atom stereocenters. The molecule has 164 valence electrons. The van der Waals surface area contributed by atoms with Crippen molar-refractivity contribution in [2.45, 2.75) is 44.4 Å². The van der Waals surface area contributed by atoms with Crippen molar-refractivity contribution in [2.24, 2.45) is 5.92 Å². The maximum absolute atomic E-state index is 14.1. The number of para-hydroxylation sites is 1. The van der Waals surface area contributed by atoms with Crippen LogP contribution >= 0.6 is 0 Å². The van der Waals surface area contributed by atoms with E-state index in [1.807, 2.05) is 0 Å². The second kappa shape index (κ2) is 8.67. The first kappa shape index (κ1) is 21.3. The van der Waals surface area contributed by atoms with Gasteiger partial charge in [0, 0.05) is 5.56 Å². The summed E-state index contributed by atoms with van der Waals surface area (Å²) in [7, 11) is 1.54. The highest BCUT2D eigenvalue weighted by molar-refractivity contribution is 6.02. The summed E-state index contributed by atoms with van der Waals surface area (Å²) in [6.45, 7) is 2.25. The maximum atomic E-state index is 14.1. The summed E-state index contributed by atoms with van der Waals surface area (Å²) >= 11 is 0. The minimum Gasteiger partial charge on any atom is -0.497 e. The smallest absolute Gasteiger partial charge is 0.257 e. The van der Waals surface area contributed by atoms with E-state index in [0.29, 0.717) is 30.1 Å². The van der Waals surface area contributed by atoms with Crippen molar-refractivity contribution in [1.82, 2.24) is 4.90 Å². The zero-order chi connectivity index (χ0) is 22.0. The molecule has 2 aromatic carbocycles. The Morgan fingerprint density at radius 2 is 1.90 bits per heavy atom. The van der Waals surface area contributed by atoms with E-state index in [2.05, 4.69) is 12.2 Å². The Bertz CT molecular complexity index is 972. The number of carbonyl (C=O) groups is 2. The summed E-state index contributed by atoms with van der Waals surface area (Å²) in [4.78, 5) is 28.4. The van der Waals surface area contributed by atoms with E-state index < -0.39 is 23.5 Å². The Labute approximate surface area is 181 Å². The Hall–Kier alpha value is -2.93. The molecule has 2 fully saturated rings. The number of hydrogen-bond donors (Lipinski definition) is 1. The number of hydrogen-bond acceptors (Lipinski definition) is 4. The molecule has 1 saturated carbocycles. The van der Waals surface area contributed by atoms with E-state index in [9.17, 15) is 14.0 Å². The Morgan fingerprint density at radius 1 is 1.16 bits per heavy atom. The molecule has 1 saturated heterocycles.